The summed E-state index contributed by atoms with van der Waals surface area (Å²) in [6.07, 6.45) is 3.42. The summed E-state index contributed by atoms with van der Waals surface area (Å²) in [5.41, 5.74) is 8.34. The maximum atomic E-state index is 2.35. The van der Waals surface area contributed by atoms with Gasteiger partial charge in [-0.3, -0.25) is 0 Å². The van der Waals surface area contributed by atoms with Crippen molar-refractivity contribution >= 4 is 5.57 Å². The fourth-order valence-corrected chi connectivity index (χ4v) is 2.57. The second-order valence-electron chi connectivity index (χ2n) is 4.80. The summed E-state index contributed by atoms with van der Waals surface area (Å²) in [7, 11) is 0. The Bertz CT molecular complexity index is 603. The lowest BCUT2D eigenvalue weighted by Crippen LogP contribution is -1.90. The topological polar surface area (TPSA) is 0 Å². The molecule has 2 aromatic carbocycles. The Morgan fingerprint density at radius 2 is 1.71 bits per heavy atom. The van der Waals surface area contributed by atoms with Crippen LogP contribution in [-0.4, -0.2) is 0 Å². The van der Waals surface area contributed by atoms with Crippen molar-refractivity contribution in [3.63, 3.8) is 0 Å². The largest absolute Gasteiger partial charge is 0.0716 e. The molecule has 0 atom stereocenters. The van der Waals surface area contributed by atoms with Crippen LogP contribution < -0.4 is 0 Å². The molecule has 3 rings (SSSR count). The molecular weight excluding hydrogens is 204 g/mol. The van der Waals surface area contributed by atoms with Gasteiger partial charge in [0.15, 0.2) is 0 Å². The maximum Gasteiger partial charge on any atom is -0.00819 e. The van der Waals surface area contributed by atoms with E-state index in [0.29, 0.717) is 0 Å². The first kappa shape index (κ1) is 10.3. The quantitative estimate of drug-likeness (QED) is 0.672. The van der Waals surface area contributed by atoms with Crippen molar-refractivity contribution < 1.29 is 0 Å². The predicted molar refractivity (Wildman–Crippen MR) is 73.1 cm³/mol. The fourth-order valence-electron chi connectivity index (χ4n) is 2.57. The molecule has 0 nitrogen and oxygen atoms in total. The van der Waals surface area contributed by atoms with Gasteiger partial charge >= 0.3 is 0 Å². The highest BCUT2D eigenvalue weighted by Crippen LogP contribution is 2.34. The molecule has 1 aliphatic carbocycles. The average Bonchev–Trinajstić information content (AvgIpc) is 2.72. The Labute approximate surface area is 103 Å². The Kier molecular flexibility index (Phi) is 2.36. The standard InChI is InChI=1S/C17H16/c1-12-7-8-14-9-10-16(17(14)11-12)15-6-4-3-5-13(15)2/h3-8,10-11H,9H2,1-2H3. The summed E-state index contributed by atoms with van der Waals surface area (Å²) in [6.45, 7) is 4.35. The van der Waals surface area contributed by atoms with Gasteiger partial charge in [0.1, 0.15) is 0 Å². The van der Waals surface area contributed by atoms with Gasteiger partial charge in [-0.25, -0.2) is 0 Å². The van der Waals surface area contributed by atoms with E-state index < -0.39 is 0 Å². The van der Waals surface area contributed by atoms with E-state index in [2.05, 4.69) is 62.4 Å². The average molecular weight is 220 g/mol. The van der Waals surface area contributed by atoms with Crippen LogP contribution in [0.3, 0.4) is 0 Å². The molecule has 0 saturated heterocycles. The lowest BCUT2D eigenvalue weighted by molar-refractivity contribution is 1.29. The highest BCUT2D eigenvalue weighted by molar-refractivity contribution is 5.86. The minimum absolute atomic E-state index is 1.07. The van der Waals surface area contributed by atoms with E-state index in [9.17, 15) is 0 Å². The summed E-state index contributed by atoms with van der Waals surface area (Å²) in [6, 6.07) is 15.4. The van der Waals surface area contributed by atoms with Crippen molar-refractivity contribution in [2.75, 3.05) is 0 Å². The number of fused-ring (bicyclic) bond motifs is 1. The number of aryl methyl sites for hydroxylation is 2. The van der Waals surface area contributed by atoms with Crippen molar-refractivity contribution in [1.29, 1.82) is 0 Å². The molecule has 0 saturated carbocycles. The SMILES string of the molecule is Cc1ccc2c(c1)C(c1ccccc1C)=CC2. The molecule has 0 bridgehead atoms. The van der Waals surface area contributed by atoms with Gasteiger partial charge in [0.25, 0.3) is 0 Å². The van der Waals surface area contributed by atoms with E-state index in [1.165, 1.54) is 33.4 Å². The molecule has 0 heteroatoms. The van der Waals surface area contributed by atoms with Crippen molar-refractivity contribution in [1.82, 2.24) is 0 Å². The molecule has 0 unspecified atom stereocenters. The number of allylic oxidation sites excluding steroid dienone is 1. The van der Waals surface area contributed by atoms with Crippen LogP contribution in [0.15, 0.2) is 48.5 Å². The molecule has 0 radical (unpaired) electrons. The van der Waals surface area contributed by atoms with Crippen molar-refractivity contribution in [3.8, 4) is 0 Å². The van der Waals surface area contributed by atoms with Gasteiger partial charge < -0.3 is 0 Å². The fraction of sp³-hybridized carbons (Fsp3) is 0.176. The zero-order chi connectivity index (χ0) is 11.8. The molecule has 0 aromatic heterocycles. The highest BCUT2D eigenvalue weighted by atomic mass is 14.2. The molecule has 0 aliphatic heterocycles. The van der Waals surface area contributed by atoms with Gasteiger partial charge in [-0.2, -0.15) is 0 Å². The van der Waals surface area contributed by atoms with E-state index >= 15 is 0 Å². The lowest BCUT2D eigenvalue weighted by Gasteiger charge is -2.10. The molecule has 2 aromatic rings. The lowest BCUT2D eigenvalue weighted by atomic mass is 9.95. The van der Waals surface area contributed by atoms with E-state index in [1.807, 2.05) is 0 Å². The van der Waals surface area contributed by atoms with Crippen LogP contribution in [0.4, 0.5) is 0 Å². The Morgan fingerprint density at radius 1 is 0.882 bits per heavy atom. The zero-order valence-corrected chi connectivity index (χ0v) is 10.3. The van der Waals surface area contributed by atoms with E-state index in [1.54, 1.807) is 0 Å². The molecule has 0 heterocycles. The van der Waals surface area contributed by atoms with Crippen molar-refractivity contribution in [2.24, 2.45) is 0 Å². The van der Waals surface area contributed by atoms with Crippen LogP contribution >= 0.6 is 0 Å². The van der Waals surface area contributed by atoms with Crippen LogP contribution in [0, 0.1) is 13.8 Å². The number of rotatable bonds is 1. The number of hydrogen-bond acceptors (Lipinski definition) is 0. The van der Waals surface area contributed by atoms with Crippen LogP contribution in [0.5, 0.6) is 0 Å². The normalized spacial score (nSPS) is 13.4. The van der Waals surface area contributed by atoms with Gasteiger partial charge in [0.2, 0.25) is 0 Å². The van der Waals surface area contributed by atoms with Crippen molar-refractivity contribution in [3.05, 3.63) is 76.4 Å². The van der Waals surface area contributed by atoms with Gasteiger partial charge in [0, 0.05) is 0 Å². The molecule has 1 aliphatic rings. The van der Waals surface area contributed by atoms with Crippen molar-refractivity contribution in [2.45, 2.75) is 20.3 Å². The van der Waals surface area contributed by atoms with Gasteiger partial charge in [0.05, 0.1) is 0 Å². The zero-order valence-electron chi connectivity index (χ0n) is 10.3. The number of benzene rings is 2. The van der Waals surface area contributed by atoms with Gasteiger partial charge in [-0.05, 0) is 48.1 Å². The summed E-state index contributed by atoms with van der Waals surface area (Å²) in [5, 5.41) is 0. The first-order chi connectivity index (χ1) is 8.25. The van der Waals surface area contributed by atoms with Gasteiger partial charge in [-0.1, -0.05) is 54.1 Å². The summed E-state index contributed by atoms with van der Waals surface area (Å²) < 4.78 is 0. The number of hydrogen-bond donors (Lipinski definition) is 0. The Morgan fingerprint density at radius 3 is 2.53 bits per heavy atom. The van der Waals surface area contributed by atoms with E-state index in [0.717, 1.165) is 6.42 Å². The van der Waals surface area contributed by atoms with Gasteiger partial charge in [-0.15, -0.1) is 0 Å². The molecule has 0 amide bonds. The Balaban J connectivity index is 2.15. The third-order valence-electron chi connectivity index (χ3n) is 3.52. The molecule has 0 N–H and O–H groups in total. The molecular formula is C17H16. The molecule has 0 fully saturated rings. The van der Waals surface area contributed by atoms with E-state index in [4.69, 9.17) is 0 Å². The predicted octanol–water partition coefficient (Wildman–Crippen LogP) is 4.29. The smallest absolute Gasteiger partial charge is 0.00819 e. The summed E-state index contributed by atoms with van der Waals surface area (Å²) in [4.78, 5) is 0. The highest BCUT2D eigenvalue weighted by Gasteiger charge is 2.16. The minimum atomic E-state index is 1.07. The summed E-state index contributed by atoms with van der Waals surface area (Å²) in [5.74, 6) is 0. The second kappa shape index (κ2) is 3.89. The monoisotopic (exact) mass is 220 g/mol. The molecule has 17 heavy (non-hydrogen) atoms. The molecule has 0 spiro atoms. The van der Waals surface area contributed by atoms with Crippen LogP contribution in [0.1, 0.15) is 27.8 Å². The third kappa shape index (κ3) is 1.70. The van der Waals surface area contributed by atoms with E-state index in [-0.39, 0.29) is 0 Å². The first-order valence-corrected chi connectivity index (χ1v) is 6.12. The maximum absolute atomic E-state index is 2.35. The summed E-state index contributed by atoms with van der Waals surface area (Å²) >= 11 is 0. The van der Waals surface area contributed by atoms with Crippen LogP contribution in [0.2, 0.25) is 0 Å². The first-order valence-electron chi connectivity index (χ1n) is 6.12. The third-order valence-corrected chi connectivity index (χ3v) is 3.52. The minimum Gasteiger partial charge on any atom is -0.0716 e. The van der Waals surface area contributed by atoms with Crippen LogP contribution in [-0.2, 0) is 6.42 Å². The Hall–Kier alpha value is -1.82. The second-order valence-corrected chi connectivity index (χ2v) is 4.80. The molecule has 84 valence electrons. The van der Waals surface area contributed by atoms with Crippen LogP contribution in [0.25, 0.3) is 5.57 Å².